The van der Waals surface area contributed by atoms with Crippen LogP contribution < -0.4 is 0 Å². The van der Waals surface area contributed by atoms with E-state index in [1.807, 2.05) is 0 Å². The van der Waals surface area contributed by atoms with Crippen molar-refractivity contribution < 1.29 is 22.2 Å². The Balaban J connectivity index is 2.74. The maximum atomic E-state index is 11.8. The summed E-state index contributed by atoms with van der Waals surface area (Å²) in [6.45, 7) is 0. The maximum absolute atomic E-state index is 11.8. The molecular formula is C11H14O5S2. The standard InChI is InChI=1S/C11H14O5S2/c1-16-11(12)7-8-17(13)9-3-5-10(6-4-9)18(2,14)15/h3-6H,7-8H2,1-2H3. The number of carbonyl (C=O) groups excluding carboxylic acids is 1. The van der Waals surface area contributed by atoms with E-state index < -0.39 is 26.6 Å². The molecule has 0 bridgehead atoms. The first-order valence-corrected chi connectivity index (χ1v) is 8.31. The molecule has 0 fully saturated rings. The average molecular weight is 290 g/mol. The van der Waals surface area contributed by atoms with Gasteiger partial charge in [-0.3, -0.25) is 9.00 Å². The normalized spacial score (nSPS) is 13.0. The van der Waals surface area contributed by atoms with Gasteiger partial charge in [-0.1, -0.05) is 0 Å². The number of hydrogen-bond donors (Lipinski definition) is 0. The summed E-state index contributed by atoms with van der Waals surface area (Å²) in [5.41, 5.74) is 0. The van der Waals surface area contributed by atoms with Gasteiger partial charge >= 0.3 is 5.97 Å². The Morgan fingerprint density at radius 2 is 1.83 bits per heavy atom. The van der Waals surface area contributed by atoms with Crippen LogP contribution in [0.5, 0.6) is 0 Å². The molecule has 0 spiro atoms. The van der Waals surface area contributed by atoms with Gasteiger partial charge in [0.1, 0.15) is 0 Å². The van der Waals surface area contributed by atoms with Crippen molar-refractivity contribution in [1.82, 2.24) is 0 Å². The summed E-state index contributed by atoms with van der Waals surface area (Å²) in [6, 6.07) is 5.79. The highest BCUT2D eigenvalue weighted by molar-refractivity contribution is 7.90. The molecule has 0 aliphatic carbocycles. The van der Waals surface area contributed by atoms with Crippen molar-refractivity contribution in [3.05, 3.63) is 24.3 Å². The highest BCUT2D eigenvalue weighted by Gasteiger charge is 2.10. The van der Waals surface area contributed by atoms with Crippen LogP contribution in [0.25, 0.3) is 0 Å². The first-order valence-electron chi connectivity index (χ1n) is 5.10. The van der Waals surface area contributed by atoms with E-state index >= 15 is 0 Å². The molecule has 0 N–H and O–H groups in total. The zero-order valence-corrected chi connectivity index (χ0v) is 11.7. The minimum Gasteiger partial charge on any atom is -0.469 e. The van der Waals surface area contributed by atoms with Crippen LogP contribution in [0.3, 0.4) is 0 Å². The number of esters is 1. The van der Waals surface area contributed by atoms with Crippen molar-refractivity contribution in [3.8, 4) is 0 Å². The molecule has 1 atom stereocenters. The van der Waals surface area contributed by atoms with Gasteiger partial charge in [-0.05, 0) is 24.3 Å². The largest absolute Gasteiger partial charge is 0.469 e. The Bertz CT molecular complexity index is 545. The van der Waals surface area contributed by atoms with Crippen LogP contribution in [0, 0.1) is 0 Å². The lowest BCUT2D eigenvalue weighted by Crippen LogP contribution is -2.07. The van der Waals surface area contributed by atoms with Crippen LogP contribution in [-0.4, -0.2) is 37.7 Å². The molecular weight excluding hydrogens is 276 g/mol. The first-order chi connectivity index (χ1) is 8.34. The molecule has 0 amide bonds. The van der Waals surface area contributed by atoms with E-state index in [-0.39, 0.29) is 17.1 Å². The molecule has 0 saturated heterocycles. The van der Waals surface area contributed by atoms with E-state index in [9.17, 15) is 17.4 Å². The molecule has 7 heteroatoms. The van der Waals surface area contributed by atoms with Crippen LogP contribution >= 0.6 is 0 Å². The fraction of sp³-hybridized carbons (Fsp3) is 0.364. The fourth-order valence-electron chi connectivity index (χ4n) is 1.23. The zero-order valence-electron chi connectivity index (χ0n) is 10.1. The van der Waals surface area contributed by atoms with Crippen molar-refractivity contribution in [2.45, 2.75) is 16.2 Å². The quantitative estimate of drug-likeness (QED) is 0.748. The van der Waals surface area contributed by atoms with Crippen LogP contribution in [0.15, 0.2) is 34.1 Å². The van der Waals surface area contributed by atoms with Crippen molar-refractivity contribution in [2.24, 2.45) is 0 Å². The number of hydrogen-bond acceptors (Lipinski definition) is 5. The Hall–Kier alpha value is -1.21. The highest BCUT2D eigenvalue weighted by atomic mass is 32.2. The summed E-state index contributed by atoms with van der Waals surface area (Å²) >= 11 is 0. The molecule has 100 valence electrons. The van der Waals surface area contributed by atoms with E-state index in [0.29, 0.717) is 4.90 Å². The smallest absolute Gasteiger partial charge is 0.306 e. The summed E-state index contributed by atoms with van der Waals surface area (Å²) in [6.07, 6.45) is 1.17. The van der Waals surface area contributed by atoms with Gasteiger partial charge < -0.3 is 4.74 Å². The Morgan fingerprint density at radius 3 is 2.28 bits per heavy atom. The third-order valence-corrected chi connectivity index (χ3v) is 4.74. The molecule has 0 saturated carbocycles. The topological polar surface area (TPSA) is 77.5 Å². The third kappa shape index (κ3) is 4.23. The predicted molar refractivity (Wildman–Crippen MR) is 67.5 cm³/mol. The number of benzene rings is 1. The van der Waals surface area contributed by atoms with Crippen molar-refractivity contribution >= 4 is 26.6 Å². The van der Waals surface area contributed by atoms with Gasteiger partial charge in [-0.15, -0.1) is 0 Å². The SMILES string of the molecule is COC(=O)CCS(=O)c1ccc(S(C)(=O)=O)cc1. The summed E-state index contributed by atoms with van der Waals surface area (Å²) in [5, 5.41) is 0. The van der Waals surface area contributed by atoms with Crippen LogP contribution in [-0.2, 0) is 30.2 Å². The van der Waals surface area contributed by atoms with Crippen molar-refractivity contribution in [2.75, 3.05) is 19.1 Å². The fourth-order valence-corrected chi connectivity index (χ4v) is 2.89. The van der Waals surface area contributed by atoms with Gasteiger partial charge in [-0.25, -0.2) is 8.42 Å². The van der Waals surface area contributed by atoms with Gasteiger partial charge in [0, 0.05) is 16.9 Å². The van der Waals surface area contributed by atoms with E-state index in [1.165, 1.54) is 31.4 Å². The number of ether oxygens (including phenoxy) is 1. The summed E-state index contributed by atoms with van der Waals surface area (Å²) in [7, 11) is -3.31. The second kappa shape index (κ2) is 6.10. The van der Waals surface area contributed by atoms with Crippen LogP contribution in [0.4, 0.5) is 0 Å². The molecule has 0 heterocycles. The lowest BCUT2D eigenvalue weighted by atomic mass is 10.4. The third-order valence-electron chi connectivity index (χ3n) is 2.23. The molecule has 1 aromatic rings. The molecule has 1 aromatic carbocycles. The molecule has 0 aliphatic heterocycles. The Kier molecular flexibility index (Phi) is 5.03. The summed E-state index contributed by atoms with van der Waals surface area (Å²) < 4.78 is 38.7. The zero-order chi connectivity index (χ0) is 13.8. The van der Waals surface area contributed by atoms with Crippen LogP contribution in [0.1, 0.15) is 6.42 Å². The van der Waals surface area contributed by atoms with Crippen molar-refractivity contribution in [1.29, 1.82) is 0 Å². The summed E-state index contributed by atoms with van der Waals surface area (Å²) in [4.78, 5) is 11.6. The van der Waals surface area contributed by atoms with E-state index in [4.69, 9.17) is 0 Å². The Labute approximate surface area is 109 Å². The van der Waals surface area contributed by atoms with E-state index in [2.05, 4.69) is 4.74 Å². The number of methoxy groups -OCH3 is 1. The van der Waals surface area contributed by atoms with E-state index in [1.54, 1.807) is 0 Å². The molecule has 18 heavy (non-hydrogen) atoms. The van der Waals surface area contributed by atoms with Gasteiger partial charge in [0.05, 0.1) is 29.2 Å². The molecule has 5 nitrogen and oxygen atoms in total. The first kappa shape index (κ1) is 14.8. The van der Waals surface area contributed by atoms with Crippen molar-refractivity contribution in [3.63, 3.8) is 0 Å². The lowest BCUT2D eigenvalue weighted by Gasteiger charge is -2.03. The van der Waals surface area contributed by atoms with Gasteiger partial charge in [-0.2, -0.15) is 0 Å². The average Bonchev–Trinajstić information content (AvgIpc) is 2.34. The number of rotatable bonds is 5. The lowest BCUT2D eigenvalue weighted by molar-refractivity contribution is -0.140. The minimum absolute atomic E-state index is 0.0664. The highest BCUT2D eigenvalue weighted by Crippen LogP contribution is 2.13. The van der Waals surface area contributed by atoms with Crippen LogP contribution in [0.2, 0.25) is 0 Å². The Morgan fingerprint density at radius 1 is 1.28 bits per heavy atom. The second-order valence-electron chi connectivity index (χ2n) is 3.62. The molecule has 0 aliphatic rings. The molecule has 0 aromatic heterocycles. The molecule has 0 radical (unpaired) electrons. The number of sulfone groups is 1. The molecule has 1 unspecified atom stereocenters. The maximum Gasteiger partial charge on any atom is 0.306 e. The monoisotopic (exact) mass is 290 g/mol. The number of carbonyl (C=O) groups is 1. The van der Waals surface area contributed by atoms with Gasteiger partial charge in [0.25, 0.3) is 0 Å². The van der Waals surface area contributed by atoms with Gasteiger partial charge in [0.15, 0.2) is 9.84 Å². The van der Waals surface area contributed by atoms with E-state index in [0.717, 1.165) is 6.26 Å². The second-order valence-corrected chi connectivity index (χ2v) is 7.21. The molecule has 1 rings (SSSR count). The predicted octanol–water partition coefficient (Wildman–Crippen LogP) is 0.761. The van der Waals surface area contributed by atoms with Gasteiger partial charge in [0.2, 0.25) is 0 Å². The minimum atomic E-state index is -3.25. The summed E-state index contributed by atoms with van der Waals surface area (Å²) in [5.74, 6) is -0.263.